The van der Waals surface area contributed by atoms with E-state index in [0.717, 1.165) is 5.69 Å². The fraction of sp³-hybridized carbons (Fsp3) is 0.562. The first-order chi connectivity index (χ1) is 11.7. The number of anilines is 1. The molecule has 138 valence electrons. The van der Waals surface area contributed by atoms with Gasteiger partial charge in [0.2, 0.25) is 0 Å². The van der Waals surface area contributed by atoms with E-state index >= 15 is 0 Å². The monoisotopic (exact) mass is 359 g/mol. The van der Waals surface area contributed by atoms with Crippen molar-refractivity contribution in [3.05, 3.63) is 34.4 Å². The van der Waals surface area contributed by atoms with Gasteiger partial charge in [-0.2, -0.15) is 13.2 Å². The van der Waals surface area contributed by atoms with E-state index in [1.165, 1.54) is 12.1 Å². The van der Waals surface area contributed by atoms with Crippen LogP contribution in [0.2, 0.25) is 0 Å². The summed E-state index contributed by atoms with van der Waals surface area (Å²) in [4.78, 5) is 23.0. The standard InChI is InChI=1S/C14H14F3N3O3.C2H6/c15-14(16,17)12(21)18-9-5-13(6-9)7-19(8-13)10-1-3-11(4-2-10)20(22)23;1-2/h1-4,9H,5-8H2,(H,18,21);1-2H3. The second-order valence-corrected chi connectivity index (χ2v) is 6.21. The third-order valence-corrected chi connectivity index (χ3v) is 4.43. The van der Waals surface area contributed by atoms with Gasteiger partial charge in [0.05, 0.1) is 4.92 Å². The Labute approximate surface area is 143 Å². The van der Waals surface area contributed by atoms with Crippen LogP contribution in [-0.2, 0) is 4.79 Å². The number of nitrogens with one attached hydrogen (secondary N) is 1. The summed E-state index contributed by atoms with van der Waals surface area (Å²) in [5, 5.41) is 12.6. The van der Waals surface area contributed by atoms with Crippen molar-refractivity contribution in [2.45, 2.75) is 38.9 Å². The molecule has 1 saturated heterocycles. The Hall–Kier alpha value is -2.32. The molecule has 1 saturated carbocycles. The Balaban J connectivity index is 0.00000109. The lowest BCUT2D eigenvalue weighted by molar-refractivity contribution is -0.384. The number of benzene rings is 1. The van der Waals surface area contributed by atoms with Gasteiger partial charge in [-0.25, -0.2) is 0 Å². The van der Waals surface area contributed by atoms with Crippen molar-refractivity contribution in [2.24, 2.45) is 5.41 Å². The highest BCUT2D eigenvalue weighted by Gasteiger charge is 2.54. The summed E-state index contributed by atoms with van der Waals surface area (Å²) in [7, 11) is 0. The van der Waals surface area contributed by atoms with Crippen molar-refractivity contribution in [1.82, 2.24) is 5.32 Å². The first-order valence-electron chi connectivity index (χ1n) is 8.06. The van der Waals surface area contributed by atoms with Crippen molar-refractivity contribution in [3.63, 3.8) is 0 Å². The highest BCUT2D eigenvalue weighted by atomic mass is 19.4. The molecule has 0 radical (unpaired) electrons. The number of amides is 1. The zero-order valence-corrected chi connectivity index (χ0v) is 14.0. The van der Waals surface area contributed by atoms with Crippen molar-refractivity contribution in [1.29, 1.82) is 0 Å². The molecule has 1 aliphatic carbocycles. The van der Waals surface area contributed by atoms with Crippen molar-refractivity contribution < 1.29 is 22.9 Å². The molecule has 1 N–H and O–H groups in total. The first-order valence-corrected chi connectivity index (χ1v) is 8.06. The number of nitrogens with zero attached hydrogens (tertiary/aromatic N) is 2. The predicted octanol–water partition coefficient (Wildman–Crippen LogP) is 3.27. The lowest BCUT2D eigenvalue weighted by Crippen LogP contribution is -2.67. The maximum absolute atomic E-state index is 12.2. The summed E-state index contributed by atoms with van der Waals surface area (Å²) in [5.74, 6) is -1.89. The highest BCUT2D eigenvalue weighted by Crippen LogP contribution is 2.49. The van der Waals surface area contributed by atoms with E-state index in [9.17, 15) is 28.1 Å². The number of non-ortho nitro benzene ring substituents is 1. The Kier molecular flexibility index (Phi) is 5.24. The Bertz CT molecular complexity index is 632. The summed E-state index contributed by atoms with van der Waals surface area (Å²) in [6.45, 7) is 5.37. The van der Waals surface area contributed by atoms with Gasteiger partial charge in [-0.15, -0.1) is 0 Å². The molecule has 6 nitrogen and oxygen atoms in total. The van der Waals surface area contributed by atoms with E-state index in [-0.39, 0.29) is 11.1 Å². The fourth-order valence-electron chi connectivity index (χ4n) is 3.34. The molecule has 0 atom stereocenters. The third kappa shape index (κ3) is 4.02. The molecule has 1 aliphatic heterocycles. The van der Waals surface area contributed by atoms with Gasteiger partial charge in [-0.3, -0.25) is 14.9 Å². The Morgan fingerprint density at radius 3 is 2.20 bits per heavy atom. The average molecular weight is 359 g/mol. The lowest BCUT2D eigenvalue weighted by atomic mass is 9.60. The number of alkyl halides is 3. The molecular formula is C16H20F3N3O3. The van der Waals surface area contributed by atoms with E-state index in [0.29, 0.717) is 25.9 Å². The molecule has 1 amide bonds. The van der Waals surface area contributed by atoms with Gasteiger partial charge in [0.15, 0.2) is 0 Å². The van der Waals surface area contributed by atoms with E-state index < -0.39 is 23.0 Å². The number of carbonyl (C=O) groups excluding carboxylic acids is 1. The SMILES string of the molecule is CC.O=C(NC1CC2(C1)CN(c1ccc([N+](=O)[O-])cc1)C2)C(F)(F)F. The summed E-state index contributed by atoms with van der Waals surface area (Å²) in [5.41, 5.74) is 0.817. The number of hydrogen-bond donors (Lipinski definition) is 1. The van der Waals surface area contributed by atoms with Crippen LogP contribution < -0.4 is 10.2 Å². The topological polar surface area (TPSA) is 75.5 Å². The molecule has 0 unspecified atom stereocenters. The van der Waals surface area contributed by atoms with Crippen molar-refractivity contribution in [3.8, 4) is 0 Å². The first kappa shape index (κ1) is 19.0. The fourth-order valence-corrected chi connectivity index (χ4v) is 3.34. The second kappa shape index (κ2) is 6.89. The zero-order valence-electron chi connectivity index (χ0n) is 14.0. The lowest BCUT2D eigenvalue weighted by Gasteiger charge is -2.60. The molecule has 25 heavy (non-hydrogen) atoms. The number of nitro benzene ring substituents is 1. The highest BCUT2D eigenvalue weighted by molar-refractivity contribution is 5.82. The molecule has 9 heteroatoms. The van der Waals surface area contributed by atoms with E-state index in [4.69, 9.17) is 0 Å². The molecule has 2 aliphatic rings. The van der Waals surface area contributed by atoms with Crippen LogP contribution in [0.15, 0.2) is 24.3 Å². The van der Waals surface area contributed by atoms with Crippen LogP contribution >= 0.6 is 0 Å². The minimum Gasteiger partial charge on any atom is -0.370 e. The summed E-state index contributed by atoms with van der Waals surface area (Å²) in [6.07, 6.45) is -3.79. The second-order valence-electron chi connectivity index (χ2n) is 6.21. The Morgan fingerprint density at radius 1 is 1.24 bits per heavy atom. The van der Waals surface area contributed by atoms with Gasteiger partial charge in [-0.1, -0.05) is 13.8 Å². The van der Waals surface area contributed by atoms with Crippen molar-refractivity contribution in [2.75, 3.05) is 18.0 Å². The largest absolute Gasteiger partial charge is 0.471 e. The van der Waals surface area contributed by atoms with Gasteiger partial charge in [-0.05, 0) is 25.0 Å². The minimum atomic E-state index is -4.84. The summed E-state index contributed by atoms with van der Waals surface area (Å²) in [6, 6.07) is 5.74. The van der Waals surface area contributed by atoms with Crippen LogP contribution in [0, 0.1) is 15.5 Å². The molecule has 2 fully saturated rings. The van der Waals surface area contributed by atoms with Gasteiger partial charge < -0.3 is 10.2 Å². The van der Waals surface area contributed by atoms with Crippen LogP contribution in [0.25, 0.3) is 0 Å². The van der Waals surface area contributed by atoms with E-state index in [1.807, 2.05) is 24.1 Å². The van der Waals surface area contributed by atoms with E-state index in [2.05, 4.69) is 0 Å². The van der Waals surface area contributed by atoms with Crippen LogP contribution in [0.3, 0.4) is 0 Å². The van der Waals surface area contributed by atoms with Crippen LogP contribution in [0.5, 0.6) is 0 Å². The molecule has 1 aromatic rings. The molecule has 1 aromatic carbocycles. The average Bonchev–Trinajstić information content (AvgIpc) is 2.49. The summed E-state index contributed by atoms with van der Waals surface area (Å²) >= 11 is 0. The number of hydrogen-bond acceptors (Lipinski definition) is 4. The maximum Gasteiger partial charge on any atom is 0.471 e. The number of rotatable bonds is 3. The van der Waals surface area contributed by atoms with Gasteiger partial charge in [0.1, 0.15) is 0 Å². The maximum atomic E-state index is 12.2. The Morgan fingerprint density at radius 2 is 1.76 bits per heavy atom. The zero-order chi connectivity index (χ0) is 18.8. The van der Waals surface area contributed by atoms with E-state index in [1.54, 1.807) is 12.1 Å². The molecular weight excluding hydrogens is 339 g/mol. The minimum absolute atomic E-state index is 0.0163. The quantitative estimate of drug-likeness (QED) is 0.664. The summed E-state index contributed by atoms with van der Waals surface area (Å²) < 4.78 is 36.5. The number of carbonyl (C=O) groups is 1. The number of halogens is 3. The third-order valence-electron chi connectivity index (χ3n) is 4.43. The molecule has 3 rings (SSSR count). The normalized spacial score (nSPS) is 18.5. The predicted molar refractivity (Wildman–Crippen MR) is 86.3 cm³/mol. The van der Waals surface area contributed by atoms with Gasteiger partial charge in [0.25, 0.3) is 5.69 Å². The molecule has 0 aromatic heterocycles. The molecule has 1 spiro atoms. The van der Waals surface area contributed by atoms with Crippen molar-refractivity contribution >= 4 is 17.3 Å². The molecule has 1 heterocycles. The van der Waals surface area contributed by atoms with Gasteiger partial charge in [0, 0.05) is 42.4 Å². The number of nitro groups is 1. The smallest absolute Gasteiger partial charge is 0.370 e. The van der Waals surface area contributed by atoms with Crippen LogP contribution in [-0.4, -0.2) is 36.1 Å². The van der Waals surface area contributed by atoms with Crippen LogP contribution in [0.1, 0.15) is 26.7 Å². The van der Waals surface area contributed by atoms with Crippen LogP contribution in [0.4, 0.5) is 24.5 Å². The molecule has 0 bridgehead atoms. The van der Waals surface area contributed by atoms with Gasteiger partial charge >= 0.3 is 12.1 Å².